The number of carboxylic acid groups (broad SMARTS) is 1. The smallest absolute Gasteiger partial charge is 0.346 e. The van der Waals surface area contributed by atoms with Crippen LogP contribution in [0.1, 0.15) is 42.8 Å². The van der Waals surface area contributed by atoms with E-state index in [1.54, 1.807) is 12.3 Å². The third-order valence-corrected chi connectivity index (χ3v) is 3.44. The Morgan fingerprint density at radius 3 is 2.79 bits per heavy atom. The van der Waals surface area contributed by atoms with Gasteiger partial charge >= 0.3 is 5.97 Å². The van der Waals surface area contributed by atoms with E-state index in [0.717, 1.165) is 30.6 Å². The average molecular weight is 285 g/mol. The lowest BCUT2D eigenvalue weighted by Crippen LogP contribution is -2.36. The number of ether oxygens (including phenoxy) is 1. The van der Waals surface area contributed by atoms with E-state index >= 15 is 0 Å². The number of carbonyl (C=O) groups is 2. The molecular formula is C13H19NO4S. The van der Waals surface area contributed by atoms with Crippen molar-refractivity contribution in [3.05, 3.63) is 16.3 Å². The summed E-state index contributed by atoms with van der Waals surface area (Å²) < 4.78 is 5.40. The van der Waals surface area contributed by atoms with E-state index < -0.39 is 12.1 Å². The van der Waals surface area contributed by atoms with Crippen LogP contribution in [0.15, 0.2) is 11.4 Å². The van der Waals surface area contributed by atoms with Crippen LogP contribution in [0.2, 0.25) is 0 Å². The molecule has 0 aliphatic rings. The van der Waals surface area contributed by atoms with E-state index in [2.05, 4.69) is 12.2 Å². The van der Waals surface area contributed by atoms with Crippen molar-refractivity contribution in [3.8, 4) is 5.75 Å². The molecule has 106 valence electrons. The van der Waals surface area contributed by atoms with Crippen molar-refractivity contribution in [1.29, 1.82) is 0 Å². The lowest BCUT2D eigenvalue weighted by Gasteiger charge is -2.13. The zero-order valence-corrected chi connectivity index (χ0v) is 12.0. The summed E-state index contributed by atoms with van der Waals surface area (Å²) >= 11 is 1.08. The third-order valence-electron chi connectivity index (χ3n) is 2.55. The van der Waals surface area contributed by atoms with Crippen molar-refractivity contribution in [3.63, 3.8) is 0 Å². The summed E-state index contributed by atoms with van der Waals surface area (Å²) in [5, 5.41) is 13.2. The first kappa shape index (κ1) is 15.5. The summed E-state index contributed by atoms with van der Waals surface area (Å²) in [5.74, 6) is -0.755. The van der Waals surface area contributed by atoms with E-state index in [0.29, 0.717) is 12.3 Å². The van der Waals surface area contributed by atoms with Crippen molar-refractivity contribution in [2.45, 2.75) is 39.2 Å². The lowest BCUT2D eigenvalue weighted by molar-refractivity contribution is -0.127. The predicted octanol–water partition coefficient (Wildman–Crippen LogP) is 2.52. The van der Waals surface area contributed by atoms with Crippen molar-refractivity contribution in [2.75, 3.05) is 6.54 Å². The summed E-state index contributed by atoms with van der Waals surface area (Å²) in [5.41, 5.74) is 0. The van der Waals surface area contributed by atoms with Gasteiger partial charge in [-0.2, -0.15) is 0 Å². The Kier molecular flexibility index (Phi) is 6.35. The number of carboxylic acids is 1. The minimum Gasteiger partial charge on any atom is -0.480 e. The molecule has 1 amide bonds. The molecule has 0 aromatic carbocycles. The fraction of sp³-hybridized carbons (Fsp3) is 0.538. The summed E-state index contributed by atoms with van der Waals surface area (Å²) in [6.45, 7) is 4.39. The zero-order valence-electron chi connectivity index (χ0n) is 11.1. The molecule has 19 heavy (non-hydrogen) atoms. The second-order valence-electron chi connectivity index (χ2n) is 4.21. The van der Waals surface area contributed by atoms with Crippen LogP contribution < -0.4 is 10.1 Å². The van der Waals surface area contributed by atoms with Gasteiger partial charge < -0.3 is 15.2 Å². The molecule has 0 bridgehead atoms. The maximum Gasteiger partial charge on any atom is 0.346 e. The molecule has 0 saturated carbocycles. The number of nitrogens with one attached hydrogen (secondary N) is 1. The molecule has 0 aliphatic carbocycles. The molecule has 1 heterocycles. The van der Waals surface area contributed by atoms with Gasteiger partial charge in [-0.25, -0.2) is 4.79 Å². The van der Waals surface area contributed by atoms with E-state index in [4.69, 9.17) is 9.84 Å². The van der Waals surface area contributed by atoms with Crippen LogP contribution in [0.4, 0.5) is 0 Å². The first-order valence-electron chi connectivity index (χ1n) is 6.30. The van der Waals surface area contributed by atoms with Gasteiger partial charge in [0.05, 0.1) is 0 Å². The van der Waals surface area contributed by atoms with Crippen LogP contribution in [0.3, 0.4) is 0 Å². The van der Waals surface area contributed by atoms with Gasteiger partial charge in [0.15, 0.2) is 6.10 Å². The summed E-state index contributed by atoms with van der Waals surface area (Å²) in [6, 6.07) is 1.42. The largest absolute Gasteiger partial charge is 0.480 e. The molecule has 1 aromatic heterocycles. The number of hydrogen-bond donors (Lipinski definition) is 2. The van der Waals surface area contributed by atoms with Gasteiger partial charge in [0.25, 0.3) is 5.91 Å². The molecule has 5 nitrogen and oxygen atoms in total. The fourth-order valence-electron chi connectivity index (χ4n) is 1.48. The molecule has 0 radical (unpaired) electrons. The summed E-state index contributed by atoms with van der Waals surface area (Å²) in [6.07, 6.45) is 2.52. The van der Waals surface area contributed by atoms with E-state index in [-0.39, 0.29) is 10.8 Å². The van der Waals surface area contributed by atoms with Crippen LogP contribution in [0.5, 0.6) is 5.75 Å². The molecule has 0 spiro atoms. The Morgan fingerprint density at radius 1 is 1.47 bits per heavy atom. The maximum absolute atomic E-state index is 11.7. The highest BCUT2D eigenvalue weighted by Crippen LogP contribution is 2.22. The van der Waals surface area contributed by atoms with Gasteiger partial charge in [-0.3, -0.25) is 4.79 Å². The predicted molar refractivity (Wildman–Crippen MR) is 73.9 cm³/mol. The molecular weight excluding hydrogens is 266 g/mol. The summed E-state index contributed by atoms with van der Waals surface area (Å²) in [7, 11) is 0. The highest BCUT2D eigenvalue weighted by atomic mass is 32.1. The minimum absolute atomic E-state index is 0.181. The molecule has 6 heteroatoms. The van der Waals surface area contributed by atoms with Crippen LogP contribution in [0.25, 0.3) is 0 Å². The number of carbonyl (C=O) groups excluding carboxylic acids is 1. The zero-order chi connectivity index (χ0) is 14.3. The molecule has 0 aliphatic heterocycles. The van der Waals surface area contributed by atoms with Gasteiger partial charge in [0.2, 0.25) is 0 Å². The molecule has 0 fully saturated rings. The standard InChI is InChI=1S/C13H19NO4S/c1-3-4-5-6-14-12(15)9(2)18-10-7-11(13(16)17)19-8-10/h7-9H,3-6H2,1-2H3,(H,14,15)(H,16,17). The van der Waals surface area contributed by atoms with Gasteiger partial charge in [0.1, 0.15) is 10.6 Å². The molecule has 0 saturated heterocycles. The van der Waals surface area contributed by atoms with Crippen LogP contribution in [-0.2, 0) is 4.79 Å². The van der Waals surface area contributed by atoms with Gasteiger partial charge in [-0.15, -0.1) is 11.3 Å². The Hall–Kier alpha value is -1.56. The lowest BCUT2D eigenvalue weighted by atomic mass is 10.2. The highest BCUT2D eigenvalue weighted by Gasteiger charge is 2.16. The first-order valence-corrected chi connectivity index (χ1v) is 7.18. The Balaban J connectivity index is 2.38. The van der Waals surface area contributed by atoms with Gasteiger partial charge in [0, 0.05) is 18.0 Å². The van der Waals surface area contributed by atoms with Crippen LogP contribution in [0, 0.1) is 0 Å². The first-order chi connectivity index (χ1) is 9.04. The van der Waals surface area contributed by atoms with E-state index in [1.165, 1.54) is 6.07 Å². The second-order valence-corrected chi connectivity index (χ2v) is 5.12. The molecule has 1 rings (SSSR count). The topological polar surface area (TPSA) is 75.6 Å². The van der Waals surface area contributed by atoms with Crippen molar-refractivity contribution < 1.29 is 19.4 Å². The molecule has 1 aromatic rings. The minimum atomic E-state index is -0.989. The third kappa shape index (κ3) is 5.30. The second kappa shape index (κ2) is 7.78. The Labute approximate surface area is 116 Å². The van der Waals surface area contributed by atoms with E-state index in [9.17, 15) is 9.59 Å². The SMILES string of the molecule is CCCCCNC(=O)C(C)Oc1csc(C(=O)O)c1. The van der Waals surface area contributed by atoms with Gasteiger partial charge in [-0.05, 0) is 13.3 Å². The molecule has 1 unspecified atom stereocenters. The molecule has 1 atom stereocenters. The van der Waals surface area contributed by atoms with Crippen molar-refractivity contribution in [1.82, 2.24) is 5.32 Å². The number of amides is 1. The normalized spacial score (nSPS) is 11.9. The number of rotatable bonds is 8. The molecule has 2 N–H and O–H groups in total. The fourth-order valence-corrected chi connectivity index (χ4v) is 2.13. The quantitative estimate of drug-likeness (QED) is 0.720. The maximum atomic E-state index is 11.7. The van der Waals surface area contributed by atoms with Gasteiger partial charge in [-0.1, -0.05) is 19.8 Å². The summed E-state index contributed by atoms with van der Waals surface area (Å²) in [4.78, 5) is 22.6. The van der Waals surface area contributed by atoms with Crippen LogP contribution >= 0.6 is 11.3 Å². The number of thiophene rings is 1. The van der Waals surface area contributed by atoms with Crippen molar-refractivity contribution in [2.24, 2.45) is 0 Å². The van der Waals surface area contributed by atoms with Crippen LogP contribution in [-0.4, -0.2) is 29.6 Å². The van der Waals surface area contributed by atoms with E-state index in [1.807, 2.05) is 0 Å². The number of unbranched alkanes of at least 4 members (excludes halogenated alkanes) is 2. The highest BCUT2D eigenvalue weighted by molar-refractivity contribution is 7.12. The Morgan fingerprint density at radius 2 is 2.21 bits per heavy atom. The number of aromatic carboxylic acids is 1. The van der Waals surface area contributed by atoms with Crippen molar-refractivity contribution >= 4 is 23.2 Å². The average Bonchev–Trinajstić information content (AvgIpc) is 2.83. The Bertz CT molecular complexity index is 430. The number of hydrogen-bond acceptors (Lipinski definition) is 4. The monoisotopic (exact) mass is 285 g/mol.